The lowest BCUT2D eigenvalue weighted by molar-refractivity contribution is 0.0664. The molecule has 0 saturated carbocycles. The summed E-state index contributed by atoms with van der Waals surface area (Å²) in [6, 6.07) is 15.5. The zero-order chi connectivity index (χ0) is 20.4. The Bertz CT molecular complexity index is 1110. The van der Waals surface area contributed by atoms with Gasteiger partial charge in [-0.1, -0.05) is 23.9 Å². The molecule has 4 rings (SSSR count). The predicted octanol–water partition coefficient (Wildman–Crippen LogP) is 2.83. The number of methoxy groups -OCH3 is 1. The molecule has 0 radical (unpaired) electrons. The number of fused-ring (bicyclic) bond motifs is 1. The Hall–Kier alpha value is -3.39. The topological polar surface area (TPSA) is 92.4 Å². The second kappa shape index (κ2) is 7.92. The minimum atomic E-state index is -0.292. The Morgan fingerprint density at radius 2 is 1.66 bits per heavy atom. The molecule has 2 aromatic carbocycles. The molecule has 2 heterocycles. The Balaban J connectivity index is 1.45. The molecule has 146 valence electrons. The maximum atomic E-state index is 12.4. The van der Waals surface area contributed by atoms with Gasteiger partial charge in [0.25, 0.3) is 17.4 Å². The average Bonchev–Trinajstić information content (AvgIpc) is 2.98. The van der Waals surface area contributed by atoms with Crippen molar-refractivity contribution in [1.29, 1.82) is 0 Å². The lowest BCUT2D eigenvalue weighted by Crippen LogP contribution is -2.31. The second-order valence-electron chi connectivity index (χ2n) is 6.32. The van der Waals surface area contributed by atoms with E-state index in [2.05, 4.69) is 9.97 Å². The van der Waals surface area contributed by atoms with E-state index in [1.165, 1.54) is 22.7 Å². The van der Waals surface area contributed by atoms with Crippen LogP contribution in [-0.2, 0) is 0 Å². The van der Waals surface area contributed by atoms with E-state index in [-0.39, 0.29) is 23.9 Å². The van der Waals surface area contributed by atoms with Crippen LogP contribution in [0.15, 0.2) is 64.5 Å². The number of imide groups is 1. The summed E-state index contributed by atoms with van der Waals surface area (Å²) >= 11 is 1.28. The van der Waals surface area contributed by atoms with Crippen molar-refractivity contribution in [3.63, 3.8) is 0 Å². The molecule has 0 spiro atoms. The highest BCUT2D eigenvalue weighted by Crippen LogP contribution is 2.24. The summed E-state index contributed by atoms with van der Waals surface area (Å²) < 4.78 is 5.14. The summed E-state index contributed by atoms with van der Waals surface area (Å²) in [5.41, 5.74) is 1.92. The van der Waals surface area contributed by atoms with E-state index in [1.807, 2.05) is 12.1 Å². The number of amides is 2. The van der Waals surface area contributed by atoms with Crippen molar-refractivity contribution >= 4 is 23.6 Å². The number of carbonyl (C=O) groups excluding carboxylic acids is 2. The number of H-pyrrole nitrogens is 1. The maximum Gasteiger partial charge on any atom is 0.261 e. The highest BCUT2D eigenvalue weighted by atomic mass is 32.2. The van der Waals surface area contributed by atoms with Crippen molar-refractivity contribution in [2.75, 3.05) is 19.4 Å². The lowest BCUT2D eigenvalue weighted by Gasteiger charge is -2.13. The molecule has 8 heteroatoms. The van der Waals surface area contributed by atoms with E-state index in [4.69, 9.17) is 4.74 Å². The first-order chi connectivity index (χ1) is 14.1. The molecule has 0 fully saturated rings. The van der Waals surface area contributed by atoms with Crippen molar-refractivity contribution in [1.82, 2.24) is 14.9 Å². The van der Waals surface area contributed by atoms with Gasteiger partial charge in [-0.25, -0.2) is 4.98 Å². The molecule has 3 aromatic rings. The fraction of sp³-hybridized carbons (Fsp3) is 0.143. The van der Waals surface area contributed by atoms with E-state index in [1.54, 1.807) is 43.5 Å². The zero-order valence-electron chi connectivity index (χ0n) is 15.5. The van der Waals surface area contributed by atoms with Crippen molar-refractivity contribution in [3.8, 4) is 17.0 Å². The smallest absolute Gasteiger partial charge is 0.261 e. The maximum absolute atomic E-state index is 12.4. The van der Waals surface area contributed by atoms with E-state index in [9.17, 15) is 14.4 Å². The van der Waals surface area contributed by atoms with Crippen LogP contribution in [0.2, 0.25) is 0 Å². The second-order valence-corrected chi connectivity index (χ2v) is 7.40. The third-order valence-electron chi connectivity index (χ3n) is 4.54. The average molecular weight is 407 g/mol. The number of hydrogen-bond acceptors (Lipinski definition) is 6. The van der Waals surface area contributed by atoms with E-state index >= 15 is 0 Å². The number of nitrogens with zero attached hydrogens (tertiary/aromatic N) is 2. The SMILES string of the molecule is COc1ccc(-c2cc(=O)[nH]c(SCCN3C(=O)c4ccccc4C3=O)n2)cc1. The molecule has 29 heavy (non-hydrogen) atoms. The van der Waals surface area contributed by atoms with Crippen LogP contribution in [0.1, 0.15) is 20.7 Å². The highest BCUT2D eigenvalue weighted by Gasteiger charge is 2.34. The normalized spacial score (nSPS) is 12.9. The van der Waals surface area contributed by atoms with E-state index in [0.29, 0.717) is 33.5 Å². The number of thioether (sulfide) groups is 1. The quantitative estimate of drug-likeness (QED) is 0.384. The van der Waals surface area contributed by atoms with Gasteiger partial charge in [-0.2, -0.15) is 0 Å². The number of benzene rings is 2. The van der Waals surface area contributed by atoms with Gasteiger partial charge < -0.3 is 9.72 Å². The summed E-state index contributed by atoms with van der Waals surface area (Å²) in [6.45, 7) is 0.230. The summed E-state index contributed by atoms with van der Waals surface area (Å²) in [4.78, 5) is 45.2. The molecular weight excluding hydrogens is 390 g/mol. The number of aromatic nitrogens is 2. The van der Waals surface area contributed by atoms with Crippen LogP contribution in [0, 0.1) is 0 Å². The summed E-state index contributed by atoms with van der Waals surface area (Å²) in [5, 5.41) is 0.430. The third kappa shape index (κ3) is 3.79. The standard InChI is InChI=1S/C21H17N3O4S/c1-28-14-8-6-13(7-9-14)17-12-18(25)23-21(22-17)29-11-10-24-19(26)15-4-2-3-5-16(15)20(24)27/h2-9,12H,10-11H2,1H3,(H,22,23,25). The van der Waals surface area contributed by atoms with Gasteiger partial charge in [-0.3, -0.25) is 19.3 Å². The van der Waals surface area contributed by atoms with Crippen molar-refractivity contribution < 1.29 is 14.3 Å². The number of carbonyl (C=O) groups is 2. The van der Waals surface area contributed by atoms with Gasteiger partial charge in [0.15, 0.2) is 5.16 Å². The van der Waals surface area contributed by atoms with Gasteiger partial charge in [0.1, 0.15) is 5.75 Å². The Labute approximate surface area is 170 Å². The van der Waals surface area contributed by atoms with Crippen molar-refractivity contribution in [2.24, 2.45) is 0 Å². The predicted molar refractivity (Wildman–Crippen MR) is 109 cm³/mol. The number of aromatic amines is 1. The van der Waals surface area contributed by atoms with Crippen LogP contribution < -0.4 is 10.3 Å². The van der Waals surface area contributed by atoms with Gasteiger partial charge in [0, 0.05) is 23.9 Å². The number of rotatable bonds is 6. The molecule has 1 N–H and O–H groups in total. The fourth-order valence-electron chi connectivity index (χ4n) is 3.09. The lowest BCUT2D eigenvalue weighted by atomic mass is 10.1. The van der Waals surface area contributed by atoms with Gasteiger partial charge in [0.2, 0.25) is 0 Å². The van der Waals surface area contributed by atoms with Crippen LogP contribution in [0.5, 0.6) is 5.75 Å². The van der Waals surface area contributed by atoms with Crippen molar-refractivity contribution in [2.45, 2.75) is 5.16 Å². The largest absolute Gasteiger partial charge is 0.497 e. The van der Waals surface area contributed by atoms with Gasteiger partial charge in [0.05, 0.1) is 23.9 Å². The molecule has 0 atom stereocenters. The molecule has 1 aromatic heterocycles. The third-order valence-corrected chi connectivity index (χ3v) is 5.39. The monoisotopic (exact) mass is 407 g/mol. The van der Waals surface area contributed by atoms with Gasteiger partial charge >= 0.3 is 0 Å². The summed E-state index contributed by atoms with van der Waals surface area (Å²) in [5.74, 6) is 0.550. The molecule has 1 aliphatic rings. The van der Waals surface area contributed by atoms with E-state index in [0.717, 1.165) is 5.56 Å². The minimum absolute atomic E-state index is 0.230. The molecule has 0 saturated heterocycles. The van der Waals surface area contributed by atoms with Crippen LogP contribution in [0.3, 0.4) is 0 Å². The fourth-order valence-corrected chi connectivity index (χ4v) is 3.89. The number of ether oxygens (including phenoxy) is 1. The van der Waals surface area contributed by atoms with Gasteiger partial charge in [-0.15, -0.1) is 0 Å². The molecule has 0 aliphatic carbocycles. The first kappa shape index (κ1) is 18.9. The summed E-state index contributed by atoms with van der Waals surface area (Å²) in [6.07, 6.45) is 0. The Morgan fingerprint density at radius 3 is 2.28 bits per heavy atom. The van der Waals surface area contributed by atoms with Crippen LogP contribution in [0.25, 0.3) is 11.3 Å². The number of nitrogens with one attached hydrogen (secondary N) is 1. The first-order valence-corrected chi connectivity index (χ1v) is 9.89. The summed E-state index contributed by atoms with van der Waals surface area (Å²) in [7, 11) is 1.59. The van der Waals surface area contributed by atoms with Gasteiger partial charge in [-0.05, 0) is 36.4 Å². The Kier molecular flexibility index (Phi) is 5.18. The van der Waals surface area contributed by atoms with Crippen LogP contribution in [-0.4, -0.2) is 46.1 Å². The number of hydrogen-bond donors (Lipinski definition) is 1. The first-order valence-electron chi connectivity index (χ1n) is 8.90. The molecule has 1 aliphatic heterocycles. The van der Waals surface area contributed by atoms with Crippen LogP contribution in [0.4, 0.5) is 0 Å². The van der Waals surface area contributed by atoms with E-state index < -0.39 is 0 Å². The molecule has 0 bridgehead atoms. The van der Waals surface area contributed by atoms with Crippen molar-refractivity contribution in [3.05, 3.63) is 76.1 Å². The minimum Gasteiger partial charge on any atom is -0.497 e. The zero-order valence-corrected chi connectivity index (χ0v) is 16.4. The Morgan fingerprint density at radius 1 is 1.00 bits per heavy atom. The van der Waals surface area contributed by atoms with Crippen LogP contribution >= 0.6 is 11.8 Å². The molecule has 2 amide bonds. The molecule has 0 unspecified atom stereocenters. The molecule has 7 nitrogen and oxygen atoms in total. The molecular formula is C21H17N3O4S. The highest BCUT2D eigenvalue weighted by molar-refractivity contribution is 7.99.